The number of likely N-dealkylation sites (N-methyl/N-ethyl adjacent to an activating group) is 1. The van der Waals surface area contributed by atoms with Crippen molar-refractivity contribution in [2.75, 3.05) is 32.7 Å². The van der Waals surface area contributed by atoms with E-state index in [1.54, 1.807) is 0 Å². The molecule has 1 aliphatic heterocycles. The largest absolute Gasteiger partial charge is 0.370 e. The fourth-order valence-corrected chi connectivity index (χ4v) is 2.41. The number of aliphatic imine (C=N–C) groups is 1. The van der Waals surface area contributed by atoms with Crippen LogP contribution in [0, 0.1) is 5.41 Å². The first kappa shape index (κ1) is 21.4. The van der Waals surface area contributed by atoms with E-state index in [0.717, 1.165) is 13.1 Å². The quantitative estimate of drug-likeness (QED) is 0.258. The number of nitrogens with zero attached hydrogens (tertiary/aromatic N) is 2. The highest BCUT2D eigenvalue weighted by Gasteiger charge is 2.22. The molecule has 4 N–H and O–H groups in total. The van der Waals surface area contributed by atoms with Gasteiger partial charge in [0.05, 0.1) is 6.54 Å². The molecule has 0 bridgehead atoms. The van der Waals surface area contributed by atoms with E-state index in [9.17, 15) is 4.79 Å². The lowest BCUT2D eigenvalue weighted by atomic mass is 9.96. The highest BCUT2D eigenvalue weighted by molar-refractivity contribution is 14.0. The third kappa shape index (κ3) is 7.62. The van der Waals surface area contributed by atoms with Crippen LogP contribution < -0.4 is 16.4 Å². The van der Waals surface area contributed by atoms with Gasteiger partial charge < -0.3 is 16.4 Å². The summed E-state index contributed by atoms with van der Waals surface area (Å²) in [6, 6.07) is 0.524. The lowest BCUT2D eigenvalue weighted by Crippen LogP contribution is -2.42. The molecule has 1 unspecified atom stereocenters. The molecule has 1 saturated heterocycles. The summed E-state index contributed by atoms with van der Waals surface area (Å²) < 4.78 is 0. The SMILES string of the molecule is CCN1CCCC1CN=C(N)NCCNC(=O)C(C)(C)C.I. The van der Waals surface area contributed by atoms with Gasteiger partial charge in [-0.25, -0.2) is 0 Å². The fourth-order valence-electron chi connectivity index (χ4n) is 2.41. The molecule has 0 aromatic rings. The van der Waals surface area contributed by atoms with Crippen LogP contribution >= 0.6 is 24.0 Å². The van der Waals surface area contributed by atoms with Crippen molar-refractivity contribution in [3.05, 3.63) is 0 Å². The topological polar surface area (TPSA) is 82.8 Å². The fraction of sp³-hybridized carbons (Fsp3) is 0.867. The number of amides is 1. The van der Waals surface area contributed by atoms with Crippen LogP contribution in [0.2, 0.25) is 0 Å². The van der Waals surface area contributed by atoms with Gasteiger partial charge in [-0.05, 0) is 25.9 Å². The number of nitrogens with two attached hydrogens (primary N) is 1. The number of carbonyl (C=O) groups is 1. The maximum absolute atomic E-state index is 11.7. The summed E-state index contributed by atoms with van der Waals surface area (Å²) in [5, 5.41) is 5.91. The Bertz CT molecular complexity index is 367. The van der Waals surface area contributed by atoms with E-state index in [4.69, 9.17) is 5.73 Å². The highest BCUT2D eigenvalue weighted by atomic mass is 127. The molecule has 0 aromatic carbocycles. The molecule has 0 radical (unpaired) electrons. The third-order valence-corrected chi connectivity index (χ3v) is 3.78. The van der Waals surface area contributed by atoms with E-state index in [1.807, 2.05) is 20.8 Å². The van der Waals surface area contributed by atoms with Gasteiger partial charge in [-0.2, -0.15) is 0 Å². The summed E-state index contributed by atoms with van der Waals surface area (Å²) in [6.45, 7) is 12.0. The number of likely N-dealkylation sites (tertiary alicyclic amines) is 1. The average molecular weight is 425 g/mol. The minimum Gasteiger partial charge on any atom is -0.370 e. The summed E-state index contributed by atoms with van der Waals surface area (Å²) in [5.74, 6) is 0.507. The van der Waals surface area contributed by atoms with Gasteiger partial charge in [0.15, 0.2) is 5.96 Å². The molecule has 1 atom stereocenters. The standard InChI is InChI=1S/C15H31N5O.HI/c1-5-20-10-6-7-12(20)11-19-14(16)18-9-8-17-13(21)15(2,3)4;/h12H,5-11H2,1-4H3,(H,17,21)(H3,16,18,19);1H. The van der Waals surface area contributed by atoms with Gasteiger partial charge in [0.2, 0.25) is 5.91 Å². The van der Waals surface area contributed by atoms with Gasteiger partial charge in [-0.3, -0.25) is 14.7 Å². The first-order chi connectivity index (χ1) is 9.84. The maximum Gasteiger partial charge on any atom is 0.225 e. The van der Waals surface area contributed by atoms with Crippen molar-refractivity contribution in [3.8, 4) is 0 Å². The van der Waals surface area contributed by atoms with Crippen molar-refractivity contribution in [3.63, 3.8) is 0 Å². The minimum absolute atomic E-state index is 0. The molecule has 1 rings (SSSR count). The Labute approximate surface area is 151 Å². The number of rotatable bonds is 6. The number of halogens is 1. The van der Waals surface area contributed by atoms with E-state index < -0.39 is 0 Å². The van der Waals surface area contributed by atoms with E-state index in [-0.39, 0.29) is 35.3 Å². The van der Waals surface area contributed by atoms with E-state index >= 15 is 0 Å². The van der Waals surface area contributed by atoms with Crippen LogP contribution in [0.3, 0.4) is 0 Å². The van der Waals surface area contributed by atoms with Gasteiger partial charge in [-0.15, -0.1) is 24.0 Å². The predicted molar refractivity (Wildman–Crippen MR) is 103 cm³/mol. The Hall–Kier alpha value is -0.570. The predicted octanol–water partition coefficient (Wildman–Crippen LogP) is 1.16. The summed E-state index contributed by atoms with van der Waals surface area (Å²) in [6.07, 6.45) is 2.45. The lowest BCUT2D eigenvalue weighted by Gasteiger charge is -2.21. The smallest absolute Gasteiger partial charge is 0.225 e. The van der Waals surface area contributed by atoms with Crippen LogP contribution in [-0.2, 0) is 4.79 Å². The Morgan fingerprint density at radius 1 is 1.32 bits per heavy atom. The van der Waals surface area contributed by atoms with Gasteiger partial charge in [-0.1, -0.05) is 27.7 Å². The Morgan fingerprint density at radius 2 is 1.95 bits per heavy atom. The zero-order valence-electron chi connectivity index (χ0n) is 14.3. The number of carbonyl (C=O) groups excluding carboxylic acids is 1. The van der Waals surface area contributed by atoms with Gasteiger partial charge in [0.25, 0.3) is 0 Å². The van der Waals surface area contributed by atoms with Crippen LogP contribution in [-0.4, -0.2) is 55.5 Å². The Morgan fingerprint density at radius 3 is 2.55 bits per heavy atom. The summed E-state index contributed by atoms with van der Waals surface area (Å²) in [5.41, 5.74) is 5.49. The molecular weight excluding hydrogens is 393 g/mol. The summed E-state index contributed by atoms with van der Waals surface area (Å²) >= 11 is 0. The van der Waals surface area contributed by atoms with Crippen LogP contribution in [0.4, 0.5) is 0 Å². The van der Waals surface area contributed by atoms with E-state index in [0.29, 0.717) is 25.1 Å². The highest BCUT2D eigenvalue weighted by Crippen LogP contribution is 2.16. The van der Waals surface area contributed by atoms with E-state index in [2.05, 4.69) is 27.4 Å². The van der Waals surface area contributed by atoms with Crippen molar-refractivity contribution < 1.29 is 4.79 Å². The molecular formula is C15H32IN5O. The van der Waals surface area contributed by atoms with Crippen LogP contribution in [0.15, 0.2) is 4.99 Å². The molecule has 6 nitrogen and oxygen atoms in total. The molecule has 1 aliphatic rings. The maximum atomic E-state index is 11.7. The third-order valence-electron chi connectivity index (χ3n) is 3.78. The molecule has 1 heterocycles. The van der Waals surface area contributed by atoms with Crippen LogP contribution in [0.25, 0.3) is 0 Å². The van der Waals surface area contributed by atoms with Crippen molar-refractivity contribution in [1.29, 1.82) is 0 Å². The van der Waals surface area contributed by atoms with Gasteiger partial charge in [0.1, 0.15) is 0 Å². The molecule has 0 saturated carbocycles. The second-order valence-electron chi connectivity index (χ2n) is 6.58. The molecule has 1 amide bonds. The lowest BCUT2D eigenvalue weighted by molar-refractivity contribution is -0.128. The monoisotopic (exact) mass is 425 g/mol. The van der Waals surface area contributed by atoms with Crippen molar-refractivity contribution >= 4 is 35.8 Å². The number of hydrogen-bond donors (Lipinski definition) is 3. The average Bonchev–Trinajstić information content (AvgIpc) is 2.87. The molecule has 0 spiro atoms. The minimum atomic E-state index is -0.355. The Balaban J connectivity index is 0.00000441. The summed E-state index contributed by atoms with van der Waals surface area (Å²) in [7, 11) is 0. The molecule has 130 valence electrons. The number of guanidine groups is 1. The summed E-state index contributed by atoms with van der Waals surface area (Å²) in [4.78, 5) is 18.5. The second kappa shape index (κ2) is 10.3. The van der Waals surface area contributed by atoms with Crippen LogP contribution in [0.1, 0.15) is 40.5 Å². The van der Waals surface area contributed by atoms with Crippen molar-refractivity contribution in [2.24, 2.45) is 16.1 Å². The molecule has 22 heavy (non-hydrogen) atoms. The zero-order chi connectivity index (χ0) is 15.9. The molecule has 7 heteroatoms. The van der Waals surface area contributed by atoms with Crippen LogP contribution in [0.5, 0.6) is 0 Å². The van der Waals surface area contributed by atoms with Gasteiger partial charge >= 0.3 is 0 Å². The molecule has 0 aromatic heterocycles. The first-order valence-electron chi connectivity index (χ1n) is 7.90. The molecule has 1 fully saturated rings. The second-order valence-corrected chi connectivity index (χ2v) is 6.58. The first-order valence-corrected chi connectivity index (χ1v) is 7.90. The van der Waals surface area contributed by atoms with E-state index in [1.165, 1.54) is 19.4 Å². The number of hydrogen-bond acceptors (Lipinski definition) is 3. The van der Waals surface area contributed by atoms with Crippen molar-refractivity contribution in [1.82, 2.24) is 15.5 Å². The normalized spacial score (nSPS) is 19.6. The number of nitrogens with one attached hydrogen (secondary N) is 2. The Kier molecular flexibility index (Phi) is 9.99. The van der Waals surface area contributed by atoms with Crippen molar-refractivity contribution in [2.45, 2.75) is 46.6 Å². The molecule has 0 aliphatic carbocycles. The van der Waals surface area contributed by atoms with Gasteiger partial charge in [0, 0.05) is 24.5 Å². The zero-order valence-corrected chi connectivity index (χ0v) is 16.6.